The highest BCUT2D eigenvalue weighted by atomic mass is 16.3. The summed E-state index contributed by atoms with van der Waals surface area (Å²) in [4.78, 5) is 0. The molecule has 0 N–H and O–H groups in total. The Morgan fingerprint density at radius 1 is 1.08 bits per heavy atom. The molecule has 0 spiro atoms. The van der Waals surface area contributed by atoms with E-state index < -0.39 is 5.60 Å². The lowest BCUT2D eigenvalue weighted by molar-refractivity contribution is -0.0230. The van der Waals surface area contributed by atoms with Crippen molar-refractivity contribution in [3.8, 4) is 0 Å². The number of hydrogen-bond donors (Lipinski definition) is 0. The van der Waals surface area contributed by atoms with Gasteiger partial charge in [-0.25, -0.2) is 5.11 Å². The first-order valence-corrected chi connectivity index (χ1v) is 5.03. The van der Waals surface area contributed by atoms with Gasteiger partial charge in [-0.15, -0.1) is 0 Å². The van der Waals surface area contributed by atoms with E-state index in [1.165, 1.54) is 5.56 Å². The molecule has 0 saturated heterocycles. The minimum atomic E-state index is -0.651. The molecule has 1 heteroatoms. The maximum Gasteiger partial charge on any atom is 0.108 e. The third kappa shape index (κ3) is 2.10. The summed E-state index contributed by atoms with van der Waals surface area (Å²) in [5.74, 6) is 0. The Morgan fingerprint density at radius 3 is 2.31 bits per heavy atom. The van der Waals surface area contributed by atoms with Crippen LogP contribution in [0, 0.1) is 0 Å². The lowest BCUT2D eigenvalue weighted by Crippen LogP contribution is -2.25. The topological polar surface area (TPSA) is 19.9 Å². The van der Waals surface area contributed by atoms with Crippen molar-refractivity contribution in [2.45, 2.75) is 37.7 Å². The lowest BCUT2D eigenvalue weighted by Gasteiger charge is -2.18. The first kappa shape index (κ1) is 8.76. The quantitative estimate of drug-likeness (QED) is 0.658. The molecule has 1 aliphatic carbocycles. The minimum absolute atomic E-state index is 0.651. The van der Waals surface area contributed by atoms with Crippen LogP contribution in [0.2, 0.25) is 0 Å². The van der Waals surface area contributed by atoms with Gasteiger partial charge in [0.05, 0.1) is 0 Å². The first-order valence-electron chi connectivity index (χ1n) is 5.03. The van der Waals surface area contributed by atoms with Gasteiger partial charge < -0.3 is 0 Å². The highest BCUT2D eigenvalue weighted by molar-refractivity contribution is 5.17. The van der Waals surface area contributed by atoms with Crippen molar-refractivity contribution in [3.63, 3.8) is 0 Å². The van der Waals surface area contributed by atoms with Crippen molar-refractivity contribution >= 4 is 0 Å². The summed E-state index contributed by atoms with van der Waals surface area (Å²) in [5.41, 5.74) is 0.542. The van der Waals surface area contributed by atoms with Crippen LogP contribution in [0.25, 0.3) is 0 Å². The second kappa shape index (κ2) is 3.51. The van der Waals surface area contributed by atoms with E-state index in [-0.39, 0.29) is 0 Å². The summed E-state index contributed by atoms with van der Waals surface area (Å²) >= 11 is 0. The molecule has 1 aromatic rings. The van der Waals surface area contributed by atoms with Crippen molar-refractivity contribution in [2.24, 2.45) is 0 Å². The Labute approximate surface area is 79.4 Å². The second-order valence-electron chi connectivity index (χ2n) is 4.05. The molecular weight excluding hydrogens is 160 g/mol. The summed E-state index contributed by atoms with van der Waals surface area (Å²) in [5, 5.41) is 12.1. The summed E-state index contributed by atoms with van der Waals surface area (Å²) in [6.07, 6.45) is 4.68. The Kier molecular flexibility index (Phi) is 2.36. The number of benzene rings is 1. The van der Waals surface area contributed by atoms with Crippen LogP contribution in [0.15, 0.2) is 30.3 Å². The molecule has 0 heterocycles. The van der Waals surface area contributed by atoms with Gasteiger partial charge in [0, 0.05) is 6.42 Å². The fourth-order valence-corrected chi connectivity index (χ4v) is 2.16. The molecule has 0 bridgehead atoms. The molecule has 1 aromatic carbocycles. The van der Waals surface area contributed by atoms with E-state index in [1.54, 1.807) is 0 Å². The Balaban J connectivity index is 2.05. The largest absolute Gasteiger partial charge is 0.229 e. The zero-order valence-electron chi connectivity index (χ0n) is 7.83. The third-order valence-corrected chi connectivity index (χ3v) is 2.88. The Hall–Kier alpha value is -0.820. The molecule has 0 aliphatic heterocycles. The predicted molar refractivity (Wildman–Crippen MR) is 52.0 cm³/mol. The summed E-state index contributed by atoms with van der Waals surface area (Å²) in [6.45, 7) is 0. The van der Waals surface area contributed by atoms with Gasteiger partial charge in [0.1, 0.15) is 5.60 Å². The van der Waals surface area contributed by atoms with Crippen molar-refractivity contribution in [1.29, 1.82) is 0 Å². The predicted octanol–water partition coefficient (Wildman–Crippen LogP) is 2.97. The molecule has 0 atom stereocenters. The monoisotopic (exact) mass is 175 g/mol. The van der Waals surface area contributed by atoms with Gasteiger partial charge in [-0.05, 0) is 18.4 Å². The molecule has 0 aromatic heterocycles. The second-order valence-corrected chi connectivity index (χ2v) is 4.05. The van der Waals surface area contributed by atoms with Crippen LogP contribution in [0.4, 0.5) is 0 Å². The summed E-state index contributed by atoms with van der Waals surface area (Å²) in [7, 11) is 0. The highest BCUT2D eigenvalue weighted by Gasteiger charge is 2.33. The fraction of sp³-hybridized carbons (Fsp3) is 0.500. The van der Waals surface area contributed by atoms with E-state index in [0.29, 0.717) is 6.42 Å². The SMILES string of the molecule is [O]C1(Cc2ccccc2)CCCC1. The van der Waals surface area contributed by atoms with Gasteiger partial charge in [0.2, 0.25) is 0 Å². The maximum absolute atomic E-state index is 12.1. The van der Waals surface area contributed by atoms with Crippen LogP contribution in [-0.2, 0) is 11.5 Å². The van der Waals surface area contributed by atoms with E-state index in [1.807, 2.05) is 18.2 Å². The van der Waals surface area contributed by atoms with Crippen molar-refractivity contribution in [2.75, 3.05) is 0 Å². The summed E-state index contributed by atoms with van der Waals surface area (Å²) < 4.78 is 0. The molecule has 1 nitrogen and oxygen atoms in total. The number of rotatable bonds is 2. The molecule has 0 amide bonds. The Morgan fingerprint density at radius 2 is 1.69 bits per heavy atom. The van der Waals surface area contributed by atoms with E-state index in [9.17, 15) is 5.11 Å². The molecule has 0 unspecified atom stereocenters. The minimum Gasteiger partial charge on any atom is -0.229 e. The first-order chi connectivity index (χ1) is 6.29. The molecule has 1 saturated carbocycles. The van der Waals surface area contributed by atoms with Gasteiger partial charge in [-0.1, -0.05) is 43.2 Å². The molecule has 2 rings (SSSR count). The van der Waals surface area contributed by atoms with Crippen LogP contribution in [-0.4, -0.2) is 5.60 Å². The average molecular weight is 175 g/mol. The third-order valence-electron chi connectivity index (χ3n) is 2.88. The van der Waals surface area contributed by atoms with Crippen molar-refractivity contribution in [3.05, 3.63) is 35.9 Å². The van der Waals surface area contributed by atoms with Crippen molar-refractivity contribution < 1.29 is 5.11 Å². The van der Waals surface area contributed by atoms with E-state index in [2.05, 4.69) is 12.1 Å². The fourth-order valence-electron chi connectivity index (χ4n) is 2.16. The summed E-state index contributed by atoms with van der Waals surface area (Å²) in [6, 6.07) is 10.1. The molecular formula is C12H15O. The van der Waals surface area contributed by atoms with E-state index >= 15 is 0 Å². The van der Waals surface area contributed by atoms with Crippen LogP contribution >= 0.6 is 0 Å². The van der Waals surface area contributed by atoms with Gasteiger partial charge in [-0.2, -0.15) is 0 Å². The standard InChI is InChI=1S/C12H15O/c13-12(8-4-5-9-12)10-11-6-2-1-3-7-11/h1-3,6-7H,4-5,8-10H2. The van der Waals surface area contributed by atoms with Gasteiger partial charge >= 0.3 is 0 Å². The average Bonchev–Trinajstić information content (AvgIpc) is 2.54. The van der Waals surface area contributed by atoms with Crippen LogP contribution < -0.4 is 0 Å². The van der Waals surface area contributed by atoms with E-state index in [0.717, 1.165) is 25.7 Å². The smallest absolute Gasteiger partial charge is 0.108 e. The Bertz CT molecular complexity index is 260. The molecule has 1 aliphatic rings. The van der Waals surface area contributed by atoms with Gasteiger partial charge in [-0.3, -0.25) is 0 Å². The van der Waals surface area contributed by atoms with Crippen LogP contribution in [0.3, 0.4) is 0 Å². The molecule has 1 fully saturated rings. The molecule has 1 radical (unpaired) electrons. The van der Waals surface area contributed by atoms with Crippen molar-refractivity contribution in [1.82, 2.24) is 0 Å². The zero-order valence-corrected chi connectivity index (χ0v) is 7.83. The normalized spacial score (nSPS) is 20.4. The van der Waals surface area contributed by atoms with Gasteiger partial charge in [0.15, 0.2) is 0 Å². The zero-order chi connectivity index (χ0) is 9.15. The van der Waals surface area contributed by atoms with Crippen LogP contribution in [0.5, 0.6) is 0 Å². The highest BCUT2D eigenvalue weighted by Crippen LogP contribution is 2.32. The van der Waals surface area contributed by atoms with E-state index in [4.69, 9.17) is 0 Å². The lowest BCUT2D eigenvalue weighted by atomic mass is 9.93. The maximum atomic E-state index is 12.1. The van der Waals surface area contributed by atoms with Crippen LogP contribution in [0.1, 0.15) is 31.2 Å². The van der Waals surface area contributed by atoms with Gasteiger partial charge in [0.25, 0.3) is 0 Å². The number of hydrogen-bond acceptors (Lipinski definition) is 0. The molecule has 69 valence electrons. The molecule has 13 heavy (non-hydrogen) atoms.